The Hall–Kier alpha value is -2.53. The summed E-state index contributed by atoms with van der Waals surface area (Å²) in [4.78, 5) is 4.58. The van der Waals surface area contributed by atoms with Crippen molar-refractivity contribution in [3.8, 4) is 39.1 Å². The maximum Gasteiger partial charge on any atom is 0.129 e. The van der Waals surface area contributed by atoms with Crippen LogP contribution in [-0.2, 0) is 0 Å². The molecule has 3 rings (SSSR count). The number of hydrogen-bond acceptors (Lipinski definition) is 5. The molecule has 4 nitrogen and oxygen atoms in total. The highest BCUT2D eigenvalue weighted by molar-refractivity contribution is 7.13. The molecule has 0 spiro atoms. The van der Waals surface area contributed by atoms with Crippen molar-refractivity contribution >= 4 is 11.3 Å². The van der Waals surface area contributed by atoms with Gasteiger partial charge in [-0.1, -0.05) is 12.1 Å². The molecule has 0 fully saturated rings. The van der Waals surface area contributed by atoms with Gasteiger partial charge in [-0.3, -0.25) is 0 Å². The van der Waals surface area contributed by atoms with E-state index in [0.717, 1.165) is 16.3 Å². The second kappa shape index (κ2) is 6.07. The highest BCUT2D eigenvalue weighted by atomic mass is 32.1. The molecule has 2 aromatic carbocycles. The van der Waals surface area contributed by atoms with Gasteiger partial charge in [-0.25, -0.2) is 4.98 Å². The van der Waals surface area contributed by atoms with E-state index in [9.17, 15) is 10.2 Å². The summed E-state index contributed by atoms with van der Waals surface area (Å²) in [6, 6.07) is 12.2. The summed E-state index contributed by atoms with van der Waals surface area (Å²) < 4.78 is 5.63. The summed E-state index contributed by atoms with van der Waals surface area (Å²) in [5.74, 6) is 0.828. The van der Waals surface area contributed by atoms with E-state index in [4.69, 9.17) is 4.74 Å². The van der Waals surface area contributed by atoms with Gasteiger partial charge in [0.2, 0.25) is 0 Å². The second-order valence-corrected chi connectivity index (χ2v) is 5.53. The van der Waals surface area contributed by atoms with Crippen molar-refractivity contribution in [2.24, 2.45) is 0 Å². The number of benzene rings is 2. The third-order valence-corrected chi connectivity index (χ3v) is 4.05. The molecule has 5 heteroatoms. The van der Waals surface area contributed by atoms with Crippen LogP contribution in [-0.4, -0.2) is 21.8 Å². The molecule has 22 heavy (non-hydrogen) atoms. The molecule has 0 saturated heterocycles. The van der Waals surface area contributed by atoms with Crippen molar-refractivity contribution in [1.29, 1.82) is 0 Å². The molecule has 1 aromatic heterocycles. The van der Waals surface area contributed by atoms with E-state index >= 15 is 0 Å². The Balaban J connectivity index is 2.01. The van der Waals surface area contributed by atoms with Crippen LogP contribution in [0.15, 0.2) is 47.8 Å². The molecule has 0 amide bonds. The predicted octanol–water partition coefficient (Wildman–Crippen LogP) is 4.29. The van der Waals surface area contributed by atoms with Crippen molar-refractivity contribution in [3.05, 3.63) is 47.8 Å². The predicted molar refractivity (Wildman–Crippen MR) is 87.5 cm³/mol. The third-order valence-electron chi connectivity index (χ3n) is 3.18. The van der Waals surface area contributed by atoms with Gasteiger partial charge in [-0.2, -0.15) is 0 Å². The van der Waals surface area contributed by atoms with Crippen molar-refractivity contribution < 1.29 is 14.9 Å². The average Bonchev–Trinajstić information content (AvgIpc) is 2.97. The molecule has 0 radical (unpaired) electrons. The van der Waals surface area contributed by atoms with Crippen LogP contribution in [0.2, 0.25) is 0 Å². The molecule has 0 bridgehead atoms. The number of aromatic hydroxyl groups is 2. The molecule has 0 unspecified atom stereocenters. The number of nitrogens with zero attached hydrogens (tertiary/aromatic N) is 1. The lowest BCUT2D eigenvalue weighted by atomic mass is 10.1. The Morgan fingerprint density at radius 3 is 2.68 bits per heavy atom. The van der Waals surface area contributed by atoms with Gasteiger partial charge in [0.25, 0.3) is 0 Å². The Kier molecular flexibility index (Phi) is 3.98. The summed E-state index contributed by atoms with van der Waals surface area (Å²) >= 11 is 1.49. The van der Waals surface area contributed by atoms with Crippen LogP contribution in [0.5, 0.6) is 17.2 Å². The van der Waals surface area contributed by atoms with Crippen LogP contribution >= 0.6 is 11.3 Å². The van der Waals surface area contributed by atoms with E-state index in [0.29, 0.717) is 17.9 Å². The van der Waals surface area contributed by atoms with Gasteiger partial charge in [-0.05, 0) is 31.2 Å². The topological polar surface area (TPSA) is 62.6 Å². The first-order chi connectivity index (χ1) is 10.7. The molecule has 0 aliphatic carbocycles. The van der Waals surface area contributed by atoms with Gasteiger partial charge >= 0.3 is 0 Å². The maximum absolute atomic E-state index is 9.94. The molecule has 2 N–H and O–H groups in total. The standard InChI is InChI=1S/C17H15NO3S/c1-2-21-16-6-4-3-5-13(16)17-18-14(10-22-17)12-8-7-11(19)9-15(12)20/h3-10,19-20H,2H2,1H3. The maximum atomic E-state index is 9.94. The van der Waals surface area contributed by atoms with Gasteiger partial charge < -0.3 is 14.9 Å². The highest BCUT2D eigenvalue weighted by Crippen LogP contribution is 2.37. The summed E-state index contributed by atoms with van der Waals surface area (Å²) in [6.45, 7) is 2.53. The molecule has 0 aliphatic rings. The SMILES string of the molecule is CCOc1ccccc1-c1nc(-c2ccc(O)cc2O)cs1. The normalized spacial score (nSPS) is 10.6. The number of thiazole rings is 1. The smallest absolute Gasteiger partial charge is 0.129 e. The Morgan fingerprint density at radius 2 is 1.91 bits per heavy atom. The fourth-order valence-electron chi connectivity index (χ4n) is 2.18. The average molecular weight is 313 g/mol. The van der Waals surface area contributed by atoms with Crippen molar-refractivity contribution in [1.82, 2.24) is 4.98 Å². The first kappa shape index (κ1) is 14.4. The van der Waals surface area contributed by atoms with Gasteiger partial charge in [0.15, 0.2) is 0 Å². The lowest BCUT2D eigenvalue weighted by Gasteiger charge is -2.07. The van der Waals surface area contributed by atoms with Crippen LogP contribution in [0.25, 0.3) is 21.8 Å². The summed E-state index contributed by atoms with van der Waals surface area (Å²) in [7, 11) is 0. The number of aromatic nitrogens is 1. The monoisotopic (exact) mass is 313 g/mol. The molecule has 0 aliphatic heterocycles. The first-order valence-corrected chi connectivity index (χ1v) is 7.77. The van der Waals surface area contributed by atoms with Crippen LogP contribution in [0.1, 0.15) is 6.92 Å². The summed E-state index contributed by atoms with van der Waals surface area (Å²) in [6.07, 6.45) is 0. The zero-order chi connectivity index (χ0) is 15.5. The van der Waals surface area contributed by atoms with E-state index in [1.807, 2.05) is 36.6 Å². The van der Waals surface area contributed by atoms with E-state index in [1.165, 1.54) is 23.5 Å². The molecule has 1 heterocycles. The molecule has 3 aromatic rings. The number of hydrogen-bond donors (Lipinski definition) is 2. The summed E-state index contributed by atoms with van der Waals surface area (Å²) in [5, 5.41) is 22.0. The van der Waals surface area contributed by atoms with Crippen LogP contribution in [0.3, 0.4) is 0 Å². The van der Waals surface area contributed by atoms with E-state index < -0.39 is 0 Å². The minimum absolute atomic E-state index is 0.00921. The van der Waals surface area contributed by atoms with Gasteiger partial charge in [-0.15, -0.1) is 11.3 Å². The number of phenols is 2. The molecule has 0 atom stereocenters. The van der Waals surface area contributed by atoms with E-state index in [1.54, 1.807) is 6.07 Å². The molecular formula is C17H15NO3S. The van der Waals surface area contributed by atoms with Gasteiger partial charge in [0.05, 0.1) is 17.9 Å². The third kappa shape index (κ3) is 2.76. The van der Waals surface area contributed by atoms with Crippen molar-refractivity contribution in [3.63, 3.8) is 0 Å². The van der Waals surface area contributed by atoms with Crippen LogP contribution in [0.4, 0.5) is 0 Å². The van der Waals surface area contributed by atoms with E-state index in [2.05, 4.69) is 4.98 Å². The van der Waals surface area contributed by atoms with Crippen molar-refractivity contribution in [2.75, 3.05) is 6.61 Å². The quantitative estimate of drug-likeness (QED) is 0.754. The highest BCUT2D eigenvalue weighted by Gasteiger charge is 2.13. The molecule has 0 saturated carbocycles. The van der Waals surface area contributed by atoms with Gasteiger partial charge in [0, 0.05) is 17.0 Å². The first-order valence-electron chi connectivity index (χ1n) is 6.89. The summed E-state index contributed by atoms with van der Waals surface area (Å²) in [5.41, 5.74) is 2.19. The minimum atomic E-state index is 0.00921. The number of ether oxygens (including phenoxy) is 1. The zero-order valence-electron chi connectivity index (χ0n) is 12.0. The van der Waals surface area contributed by atoms with Crippen LogP contribution < -0.4 is 4.74 Å². The Bertz CT molecular complexity index is 798. The fourth-order valence-corrected chi connectivity index (χ4v) is 3.03. The molecule has 112 valence electrons. The Labute approximate surface area is 132 Å². The van der Waals surface area contributed by atoms with Crippen molar-refractivity contribution in [2.45, 2.75) is 6.92 Å². The zero-order valence-corrected chi connectivity index (χ0v) is 12.8. The molecular weight excluding hydrogens is 298 g/mol. The number of phenolic OH excluding ortho intramolecular Hbond substituents is 2. The lowest BCUT2D eigenvalue weighted by Crippen LogP contribution is -1.93. The van der Waals surface area contributed by atoms with Crippen LogP contribution in [0, 0.1) is 0 Å². The van der Waals surface area contributed by atoms with E-state index in [-0.39, 0.29) is 11.5 Å². The lowest BCUT2D eigenvalue weighted by molar-refractivity contribution is 0.341. The fraction of sp³-hybridized carbons (Fsp3) is 0.118. The largest absolute Gasteiger partial charge is 0.508 e. The Morgan fingerprint density at radius 1 is 1.09 bits per heavy atom. The number of rotatable bonds is 4. The number of para-hydroxylation sites is 1. The minimum Gasteiger partial charge on any atom is -0.508 e. The second-order valence-electron chi connectivity index (χ2n) is 4.67. The van der Waals surface area contributed by atoms with Gasteiger partial charge in [0.1, 0.15) is 22.3 Å².